The zero-order valence-electron chi connectivity index (χ0n) is 10.8. The summed E-state index contributed by atoms with van der Waals surface area (Å²) in [7, 11) is 3.11. The minimum absolute atomic E-state index is 0.0608. The number of allylic oxidation sites excluding steroid dienone is 1. The van der Waals surface area contributed by atoms with Crippen LogP contribution in [-0.2, 0) is 0 Å². The van der Waals surface area contributed by atoms with Gasteiger partial charge in [0.1, 0.15) is 0 Å². The van der Waals surface area contributed by atoms with E-state index in [9.17, 15) is 4.79 Å². The molecule has 0 aliphatic heterocycles. The zero-order valence-corrected chi connectivity index (χ0v) is 11.6. The van der Waals surface area contributed by atoms with Crippen molar-refractivity contribution >= 4 is 23.2 Å². The highest BCUT2D eigenvalue weighted by Gasteiger charge is 2.08. The maximum atomic E-state index is 12.0. The predicted molar refractivity (Wildman–Crippen MR) is 77.2 cm³/mol. The van der Waals surface area contributed by atoms with E-state index in [-0.39, 0.29) is 5.78 Å². The van der Waals surface area contributed by atoms with E-state index < -0.39 is 0 Å². The monoisotopic (exact) mass is 274 g/mol. The SMILES string of the molecule is COc1ccc(C(=O)C=Cc2cccs2)cc1OC. The summed E-state index contributed by atoms with van der Waals surface area (Å²) in [6.45, 7) is 0. The van der Waals surface area contributed by atoms with Crippen molar-refractivity contribution in [1.82, 2.24) is 0 Å². The molecule has 0 bridgehead atoms. The Bertz CT molecular complexity index is 585. The highest BCUT2D eigenvalue weighted by Crippen LogP contribution is 2.27. The third kappa shape index (κ3) is 3.23. The summed E-state index contributed by atoms with van der Waals surface area (Å²) in [5, 5.41) is 1.97. The molecule has 0 amide bonds. The van der Waals surface area contributed by atoms with Gasteiger partial charge in [0.2, 0.25) is 0 Å². The van der Waals surface area contributed by atoms with E-state index in [4.69, 9.17) is 9.47 Å². The van der Waals surface area contributed by atoms with Gasteiger partial charge in [-0.25, -0.2) is 0 Å². The number of hydrogen-bond donors (Lipinski definition) is 0. The Hall–Kier alpha value is -2.07. The molecule has 0 fully saturated rings. The molecule has 0 N–H and O–H groups in total. The standard InChI is InChI=1S/C15H14O3S/c1-17-14-8-5-11(10-15(14)18-2)13(16)7-6-12-4-3-9-19-12/h3-10H,1-2H3. The van der Waals surface area contributed by atoms with Crippen LogP contribution in [0.1, 0.15) is 15.2 Å². The average molecular weight is 274 g/mol. The number of hydrogen-bond acceptors (Lipinski definition) is 4. The average Bonchev–Trinajstić information content (AvgIpc) is 2.97. The largest absolute Gasteiger partial charge is 0.493 e. The lowest BCUT2D eigenvalue weighted by Gasteiger charge is -2.07. The van der Waals surface area contributed by atoms with Gasteiger partial charge in [-0.2, -0.15) is 0 Å². The highest BCUT2D eigenvalue weighted by molar-refractivity contribution is 7.10. The Morgan fingerprint density at radius 1 is 1.16 bits per heavy atom. The highest BCUT2D eigenvalue weighted by atomic mass is 32.1. The molecule has 3 nitrogen and oxygen atoms in total. The lowest BCUT2D eigenvalue weighted by molar-refractivity contribution is 0.104. The van der Waals surface area contributed by atoms with Gasteiger partial charge < -0.3 is 9.47 Å². The van der Waals surface area contributed by atoms with Crippen LogP contribution >= 0.6 is 11.3 Å². The van der Waals surface area contributed by atoms with Crippen molar-refractivity contribution in [2.75, 3.05) is 14.2 Å². The van der Waals surface area contributed by atoms with Crippen LogP contribution in [0.2, 0.25) is 0 Å². The first kappa shape index (κ1) is 13.4. The van der Waals surface area contributed by atoms with Crippen molar-refractivity contribution in [3.8, 4) is 11.5 Å². The fourth-order valence-electron chi connectivity index (χ4n) is 1.63. The molecule has 0 saturated carbocycles. The molecule has 1 heterocycles. The zero-order chi connectivity index (χ0) is 13.7. The Kier molecular flexibility index (Phi) is 4.36. The van der Waals surface area contributed by atoms with Crippen molar-refractivity contribution in [3.63, 3.8) is 0 Å². The quantitative estimate of drug-likeness (QED) is 0.616. The second-order valence-electron chi connectivity index (χ2n) is 3.78. The van der Waals surface area contributed by atoms with Gasteiger partial charge >= 0.3 is 0 Å². The number of thiophene rings is 1. The number of ether oxygens (including phenoxy) is 2. The van der Waals surface area contributed by atoms with Crippen LogP contribution in [0, 0.1) is 0 Å². The van der Waals surface area contributed by atoms with Gasteiger partial charge in [-0.3, -0.25) is 4.79 Å². The summed E-state index contributed by atoms with van der Waals surface area (Å²) in [5.74, 6) is 1.11. The van der Waals surface area contributed by atoms with Crippen LogP contribution in [0.5, 0.6) is 11.5 Å². The first-order valence-corrected chi connectivity index (χ1v) is 6.60. The van der Waals surface area contributed by atoms with E-state index in [1.165, 1.54) is 0 Å². The summed E-state index contributed by atoms with van der Waals surface area (Å²) in [4.78, 5) is 13.1. The molecule has 0 unspecified atom stereocenters. The molecule has 2 aromatic rings. The molecule has 0 atom stereocenters. The molecule has 0 saturated heterocycles. The van der Waals surface area contributed by atoms with Crippen molar-refractivity contribution in [2.45, 2.75) is 0 Å². The Morgan fingerprint density at radius 3 is 2.58 bits per heavy atom. The fourth-order valence-corrected chi connectivity index (χ4v) is 2.25. The van der Waals surface area contributed by atoms with E-state index in [0.29, 0.717) is 17.1 Å². The minimum atomic E-state index is -0.0608. The maximum absolute atomic E-state index is 12.0. The number of rotatable bonds is 5. The normalized spacial score (nSPS) is 10.6. The number of ketones is 1. The first-order chi connectivity index (χ1) is 9.24. The molecule has 1 aromatic carbocycles. The first-order valence-electron chi connectivity index (χ1n) is 5.72. The Morgan fingerprint density at radius 2 is 1.95 bits per heavy atom. The van der Waals surface area contributed by atoms with Crippen LogP contribution in [0.25, 0.3) is 6.08 Å². The Balaban J connectivity index is 2.19. The lowest BCUT2D eigenvalue weighted by Crippen LogP contribution is -1.97. The molecule has 0 aliphatic rings. The lowest BCUT2D eigenvalue weighted by atomic mass is 10.1. The second kappa shape index (κ2) is 6.20. The number of benzene rings is 1. The minimum Gasteiger partial charge on any atom is -0.493 e. The Labute approximate surface area is 116 Å². The van der Waals surface area contributed by atoms with E-state index in [1.807, 2.05) is 23.6 Å². The molecule has 98 valence electrons. The summed E-state index contributed by atoms with van der Waals surface area (Å²) in [6, 6.07) is 9.04. The predicted octanol–water partition coefficient (Wildman–Crippen LogP) is 3.66. The van der Waals surface area contributed by atoms with Crippen molar-refractivity contribution in [2.24, 2.45) is 0 Å². The molecular formula is C15H14O3S. The molecule has 4 heteroatoms. The second-order valence-corrected chi connectivity index (χ2v) is 4.76. The molecule has 1 aromatic heterocycles. The van der Waals surface area contributed by atoms with E-state index in [0.717, 1.165) is 4.88 Å². The summed E-state index contributed by atoms with van der Waals surface area (Å²) >= 11 is 1.59. The number of carbonyl (C=O) groups is 1. The smallest absolute Gasteiger partial charge is 0.186 e. The van der Waals surface area contributed by atoms with Crippen molar-refractivity contribution in [3.05, 3.63) is 52.2 Å². The molecule has 19 heavy (non-hydrogen) atoms. The van der Waals surface area contributed by atoms with Crippen LogP contribution in [0.3, 0.4) is 0 Å². The van der Waals surface area contributed by atoms with Gasteiger partial charge in [-0.1, -0.05) is 6.07 Å². The summed E-state index contributed by atoms with van der Waals surface area (Å²) in [5.41, 5.74) is 0.574. The van der Waals surface area contributed by atoms with Gasteiger partial charge in [-0.15, -0.1) is 11.3 Å². The van der Waals surface area contributed by atoms with E-state index >= 15 is 0 Å². The molecule has 0 radical (unpaired) electrons. The van der Waals surface area contributed by atoms with Crippen LogP contribution in [-0.4, -0.2) is 20.0 Å². The summed E-state index contributed by atoms with van der Waals surface area (Å²) in [6.07, 6.45) is 3.37. The topological polar surface area (TPSA) is 35.5 Å². The van der Waals surface area contributed by atoms with Gasteiger partial charge in [0.15, 0.2) is 17.3 Å². The fraction of sp³-hybridized carbons (Fsp3) is 0.133. The van der Waals surface area contributed by atoms with Crippen LogP contribution < -0.4 is 9.47 Å². The van der Waals surface area contributed by atoms with Gasteiger partial charge in [-0.05, 0) is 41.8 Å². The maximum Gasteiger partial charge on any atom is 0.186 e. The molecule has 2 rings (SSSR count). The van der Waals surface area contributed by atoms with Crippen molar-refractivity contribution < 1.29 is 14.3 Å². The molecule has 0 aliphatic carbocycles. The van der Waals surface area contributed by atoms with Crippen LogP contribution in [0.4, 0.5) is 0 Å². The molecular weight excluding hydrogens is 260 g/mol. The third-order valence-electron chi connectivity index (χ3n) is 2.61. The van der Waals surface area contributed by atoms with Gasteiger partial charge in [0, 0.05) is 10.4 Å². The van der Waals surface area contributed by atoms with Gasteiger partial charge in [0.05, 0.1) is 14.2 Å². The summed E-state index contributed by atoms with van der Waals surface area (Å²) < 4.78 is 10.3. The third-order valence-corrected chi connectivity index (χ3v) is 3.45. The van der Waals surface area contributed by atoms with Crippen LogP contribution in [0.15, 0.2) is 41.8 Å². The number of methoxy groups -OCH3 is 2. The van der Waals surface area contributed by atoms with E-state index in [2.05, 4.69) is 0 Å². The van der Waals surface area contributed by atoms with Crippen molar-refractivity contribution in [1.29, 1.82) is 0 Å². The number of carbonyl (C=O) groups excluding carboxylic acids is 1. The van der Waals surface area contributed by atoms with E-state index in [1.54, 1.807) is 49.8 Å². The molecule has 0 spiro atoms. The van der Waals surface area contributed by atoms with Gasteiger partial charge in [0.25, 0.3) is 0 Å².